The first-order chi connectivity index (χ1) is 21.8. The van der Waals surface area contributed by atoms with Crippen molar-refractivity contribution >= 4 is 35.4 Å². The molecule has 0 bridgehead atoms. The van der Waals surface area contributed by atoms with Crippen LogP contribution in [0.15, 0.2) is 58.8 Å². The minimum Gasteiger partial charge on any atom is -0.491 e. The third-order valence-electron chi connectivity index (χ3n) is 7.23. The number of nitrogens with one attached hydrogen (secondary N) is 1. The van der Waals surface area contributed by atoms with Gasteiger partial charge in [-0.05, 0) is 63.1 Å². The number of nitrogens with two attached hydrogens (primary N) is 2. The highest BCUT2D eigenvalue weighted by atomic mass is 16.6. The Balaban J connectivity index is 1.25. The number of anilines is 1. The number of fused-ring (bicyclic) bond motifs is 3. The molecule has 45 heavy (non-hydrogen) atoms. The van der Waals surface area contributed by atoms with Crippen LogP contribution in [0.3, 0.4) is 0 Å². The quantitative estimate of drug-likeness (QED) is 0.271. The second-order valence-corrected chi connectivity index (χ2v) is 10.6. The van der Waals surface area contributed by atoms with Crippen LogP contribution in [-0.4, -0.2) is 89.5 Å². The fourth-order valence-corrected chi connectivity index (χ4v) is 4.96. The zero-order valence-corrected chi connectivity index (χ0v) is 25.5. The monoisotopic (exact) mass is 615 g/mol. The number of hydrogen-bond donors (Lipinski definition) is 3. The lowest BCUT2D eigenvalue weighted by molar-refractivity contribution is 0.0973. The molecule has 2 aromatic carbocycles. The predicted molar refractivity (Wildman–Crippen MR) is 169 cm³/mol. The number of aromatic nitrogens is 2. The number of benzene rings is 2. The van der Waals surface area contributed by atoms with E-state index in [1.807, 2.05) is 43.0 Å². The van der Waals surface area contributed by atoms with Crippen LogP contribution in [0.5, 0.6) is 17.2 Å². The van der Waals surface area contributed by atoms with E-state index in [1.54, 1.807) is 17.0 Å². The van der Waals surface area contributed by atoms with Crippen LogP contribution >= 0.6 is 0 Å². The smallest absolute Gasteiger partial charge is 0.415 e. The molecule has 14 nitrogen and oxygen atoms in total. The summed E-state index contributed by atoms with van der Waals surface area (Å²) in [5, 5.41) is 2.83. The Morgan fingerprint density at radius 3 is 2.56 bits per heavy atom. The summed E-state index contributed by atoms with van der Waals surface area (Å²) in [5.41, 5.74) is 13.7. The standard InChI is InChI=1S/C31H37N9O5/c1-19(2)39(31(42)45-22-7-5-20(6-8-22)11-12-32)14-4-16-44-24-10-9-23-25(26(24)43-3)37-30(40-15-13-34-27(23)40)38-28(41)21-17-35-29(33)36-18-21/h5-10,17-19H,4,11-16,32H2,1-3H3,(H2,33,35,36)(H,37,38,41). The van der Waals surface area contributed by atoms with Crippen molar-refractivity contribution in [1.82, 2.24) is 25.1 Å². The average Bonchev–Trinajstić information content (AvgIpc) is 3.53. The van der Waals surface area contributed by atoms with E-state index in [1.165, 1.54) is 19.5 Å². The topological polar surface area (TPSA) is 183 Å². The maximum Gasteiger partial charge on any atom is 0.415 e. The normalized spacial score (nSPS) is 13.4. The molecule has 2 aliphatic heterocycles. The molecule has 0 saturated heterocycles. The van der Waals surface area contributed by atoms with E-state index < -0.39 is 12.0 Å². The largest absolute Gasteiger partial charge is 0.491 e. The summed E-state index contributed by atoms with van der Waals surface area (Å²) in [6.45, 7) is 6.25. The molecule has 5 rings (SSSR count). The maximum atomic E-state index is 12.9. The van der Waals surface area contributed by atoms with Gasteiger partial charge in [-0.1, -0.05) is 12.1 Å². The van der Waals surface area contributed by atoms with Gasteiger partial charge in [0, 0.05) is 37.1 Å². The highest BCUT2D eigenvalue weighted by Gasteiger charge is 2.33. The van der Waals surface area contributed by atoms with E-state index in [4.69, 9.17) is 30.7 Å². The highest BCUT2D eigenvalue weighted by molar-refractivity contribution is 6.20. The minimum absolute atomic E-state index is 0.0723. The number of nitrogen functional groups attached to an aromatic ring is 1. The molecule has 0 radical (unpaired) electrons. The molecule has 0 saturated carbocycles. The van der Waals surface area contributed by atoms with E-state index in [-0.39, 0.29) is 17.6 Å². The summed E-state index contributed by atoms with van der Waals surface area (Å²) >= 11 is 0. The zero-order chi connectivity index (χ0) is 31.9. The SMILES string of the molecule is COc1c(OCCCN(C(=O)Oc2ccc(CCN)cc2)C(C)C)ccc2c1N=C(NC(=O)c1cnc(N)nc1)N1CCN=C21. The molecule has 0 fully saturated rings. The lowest BCUT2D eigenvalue weighted by atomic mass is 10.1. The molecule has 14 heteroatoms. The predicted octanol–water partition coefficient (Wildman–Crippen LogP) is 2.74. The van der Waals surface area contributed by atoms with Crippen LogP contribution in [0, 0.1) is 0 Å². The van der Waals surface area contributed by atoms with E-state index in [2.05, 4.69) is 20.3 Å². The second kappa shape index (κ2) is 14.0. The number of ether oxygens (including phenoxy) is 3. The van der Waals surface area contributed by atoms with Crippen LogP contribution < -0.4 is 31.0 Å². The second-order valence-electron chi connectivity index (χ2n) is 10.6. The van der Waals surface area contributed by atoms with Gasteiger partial charge in [0.25, 0.3) is 5.91 Å². The number of methoxy groups -OCH3 is 1. The van der Waals surface area contributed by atoms with Crippen LogP contribution in [0.4, 0.5) is 16.4 Å². The first kappa shape index (κ1) is 31.2. The third kappa shape index (κ3) is 7.12. The third-order valence-corrected chi connectivity index (χ3v) is 7.23. The number of amidine groups is 1. The van der Waals surface area contributed by atoms with Crippen molar-refractivity contribution in [2.75, 3.05) is 45.6 Å². The Bertz CT molecular complexity index is 1590. The van der Waals surface area contributed by atoms with Crippen molar-refractivity contribution in [3.05, 3.63) is 65.5 Å². The van der Waals surface area contributed by atoms with Gasteiger partial charge in [0.1, 0.15) is 17.3 Å². The Morgan fingerprint density at radius 1 is 1.11 bits per heavy atom. The van der Waals surface area contributed by atoms with Crippen molar-refractivity contribution in [3.8, 4) is 17.2 Å². The van der Waals surface area contributed by atoms with Gasteiger partial charge in [-0.25, -0.2) is 19.8 Å². The molecule has 0 atom stereocenters. The van der Waals surface area contributed by atoms with E-state index in [0.29, 0.717) is 73.9 Å². The first-order valence-corrected chi connectivity index (χ1v) is 14.7. The Labute approximate surface area is 261 Å². The van der Waals surface area contributed by atoms with Gasteiger partial charge in [-0.15, -0.1) is 0 Å². The van der Waals surface area contributed by atoms with Gasteiger partial charge in [0.15, 0.2) is 11.5 Å². The summed E-state index contributed by atoms with van der Waals surface area (Å²) in [4.78, 5) is 46.5. The van der Waals surface area contributed by atoms with E-state index >= 15 is 0 Å². The maximum absolute atomic E-state index is 12.9. The molecule has 0 spiro atoms. The fraction of sp³-hybridized carbons (Fsp3) is 0.355. The molecule has 3 aromatic rings. The number of nitrogens with zero attached hydrogens (tertiary/aromatic N) is 6. The van der Waals surface area contributed by atoms with E-state index in [9.17, 15) is 9.59 Å². The van der Waals surface area contributed by atoms with Gasteiger partial charge in [0.05, 0.1) is 25.8 Å². The summed E-state index contributed by atoms with van der Waals surface area (Å²) in [6, 6.07) is 11.0. The lowest BCUT2D eigenvalue weighted by Gasteiger charge is -2.28. The van der Waals surface area contributed by atoms with Crippen LogP contribution in [0.1, 0.15) is 41.8 Å². The van der Waals surface area contributed by atoms with Crippen molar-refractivity contribution in [1.29, 1.82) is 0 Å². The molecule has 3 heterocycles. The summed E-state index contributed by atoms with van der Waals surface area (Å²) in [6.07, 6.45) is 3.57. The Morgan fingerprint density at radius 2 is 1.87 bits per heavy atom. The van der Waals surface area contributed by atoms with Crippen molar-refractivity contribution in [2.24, 2.45) is 15.7 Å². The lowest BCUT2D eigenvalue weighted by Crippen LogP contribution is -2.47. The number of carbonyl (C=O) groups is 2. The van der Waals surface area contributed by atoms with Crippen LogP contribution in [-0.2, 0) is 6.42 Å². The Kier molecular flexibility index (Phi) is 9.73. The molecule has 1 aromatic heterocycles. The van der Waals surface area contributed by atoms with Gasteiger partial charge < -0.3 is 30.6 Å². The first-order valence-electron chi connectivity index (χ1n) is 14.7. The summed E-state index contributed by atoms with van der Waals surface area (Å²) < 4.78 is 17.5. The van der Waals surface area contributed by atoms with Crippen LogP contribution in [0.25, 0.3) is 0 Å². The molecule has 2 aliphatic rings. The summed E-state index contributed by atoms with van der Waals surface area (Å²) in [7, 11) is 1.53. The Hall–Kier alpha value is -5.24. The number of guanidine groups is 1. The minimum atomic E-state index is -0.438. The summed E-state index contributed by atoms with van der Waals surface area (Å²) in [5.74, 6) is 1.97. The number of amides is 2. The number of hydrogen-bond acceptors (Lipinski definition) is 12. The number of rotatable bonds is 11. The molecular weight excluding hydrogens is 578 g/mol. The molecule has 5 N–H and O–H groups in total. The van der Waals surface area contributed by atoms with Gasteiger partial charge in [-0.2, -0.15) is 0 Å². The number of carbonyl (C=O) groups excluding carboxylic acids is 2. The molecule has 0 aliphatic carbocycles. The fourth-order valence-electron chi connectivity index (χ4n) is 4.96. The molecular formula is C31H37N9O5. The van der Waals surface area contributed by atoms with Gasteiger partial charge in [0.2, 0.25) is 11.9 Å². The molecule has 0 unspecified atom stereocenters. The van der Waals surface area contributed by atoms with Crippen molar-refractivity contribution in [2.45, 2.75) is 32.7 Å². The van der Waals surface area contributed by atoms with E-state index in [0.717, 1.165) is 17.5 Å². The molecule has 2 amide bonds. The molecule has 236 valence electrons. The van der Waals surface area contributed by atoms with Crippen molar-refractivity contribution < 1.29 is 23.8 Å². The average molecular weight is 616 g/mol. The highest BCUT2D eigenvalue weighted by Crippen LogP contribution is 2.43. The van der Waals surface area contributed by atoms with Crippen LogP contribution in [0.2, 0.25) is 0 Å². The number of aliphatic imine (C=N–C) groups is 2. The zero-order valence-electron chi connectivity index (χ0n) is 25.5. The van der Waals surface area contributed by atoms with Gasteiger partial charge in [-0.3, -0.25) is 20.0 Å². The van der Waals surface area contributed by atoms with Crippen molar-refractivity contribution in [3.63, 3.8) is 0 Å². The van der Waals surface area contributed by atoms with Gasteiger partial charge >= 0.3 is 6.09 Å².